The Bertz CT molecular complexity index is 1020. The topological polar surface area (TPSA) is 55.5 Å². The number of anilines is 1. The molecule has 1 N–H and O–H groups in total. The van der Waals surface area contributed by atoms with Crippen LogP contribution in [0.15, 0.2) is 42.5 Å². The van der Waals surface area contributed by atoms with E-state index in [-0.39, 0.29) is 5.91 Å². The minimum atomic E-state index is 0.277. The number of carbonyl (C=O) groups excluding carboxylic acids is 1. The Balaban J connectivity index is 1.27. The number of amides is 1. The molecule has 0 radical (unpaired) electrons. The third-order valence-corrected chi connectivity index (χ3v) is 6.48. The molecule has 3 aromatic rings. The summed E-state index contributed by atoms with van der Waals surface area (Å²) in [5, 5.41) is 0.688. The Morgan fingerprint density at radius 1 is 1.00 bits per heavy atom. The number of nitrogens with zero attached hydrogens (tertiary/aromatic N) is 4. The van der Waals surface area contributed by atoms with Crippen LogP contribution in [0.1, 0.15) is 12.8 Å². The average molecular weight is 424 g/mol. The maximum absolute atomic E-state index is 12.4. The van der Waals surface area contributed by atoms with Gasteiger partial charge < -0.3 is 14.8 Å². The van der Waals surface area contributed by atoms with Gasteiger partial charge in [-0.3, -0.25) is 9.69 Å². The highest BCUT2D eigenvalue weighted by molar-refractivity contribution is 6.33. The number of nitrogens with one attached hydrogen (secondary N) is 1. The van der Waals surface area contributed by atoms with Crippen LogP contribution in [-0.2, 0) is 4.79 Å². The second-order valence-electron chi connectivity index (χ2n) is 8.12. The number of imidazole rings is 1. The largest absolute Gasteiger partial charge is 0.369 e. The summed E-state index contributed by atoms with van der Waals surface area (Å²) < 4.78 is 0. The molecule has 0 saturated carbocycles. The van der Waals surface area contributed by atoms with Crippen molar-refractivity contribution < 1.29 is 4.79 Å². The number of fused-ring (bicyclic) bond motifs is 1. The molecule has 3 heterocycles. The first kappa shape index (κ1) is 19.4. The molecule has 5 rings (SSSR count). The van der Waals surface area contributed by atoms with Crippen LogP contribution in [0.4, 0.5) is 5.69 Å². The van der Waals surface area contributed by atoms with Gasteiger partial charge in [-0.2, -0.15) is 0 Å². The van der Waals surface area contributed by atoms with Crippen LogP contribution in [0.5, 0.6) is 0 Å². The van der Waals surface area contributed by atoms with Crippen molar-refractivity contribution in [2.75, 3.05) is 50.7 Å². The third-order valence-electron chi connectivity index (χ3n) is 6.15. The second-order valence-corrected chi connectivity index (χ2v) is 8.52. The Morgan fingerprint density at radius 2 is 1.77 bits per heavy atom. The smallest absolute Gasteiger partial charge is 0.236 e. The summed E-state index contributed by atoms with van der Waals surface area (Å²) in [7, 11) is 0. The van der Waals surface area contributed by atoms with Crippen LogP contribution in [0.25, 0.3) is 22.4 Å². The summed E-state index contributed by atoms with van der Waals surface area (Å²) in [5.41, 5.74) is 3.99. The maximum Gasteiger partial charge on any atom is 0.236 e. The fourth-order valence-corrected chi connectivity index (χ4v) is 4.60. The van der Waals surface area contributed by atoms with Gasteiger partial charge in [0.2, 0.25) is 5.91 Å². The molecule has 0 bridgehead atoms. The van der Waals surface area contributed by atoms with E-state index in [4.69, 9.17) is 16.6 Å². The van der Waals surface area contributed by atoms with Gasteiger partial charge in [-0.1, -0.05) is 23.7 Å². The van der Waals surface area contributed by atoms with E-state index >= 15 is 0 Å². The van der Waals surface area contributed by atoms with Crippen molar-refractivity contribution in [3.05, 3.63) is 47.5 Å². The highest BCUT2D eigenvalue weighted by Gasteiger charge is 2.24. The second kappa shape index (κ2) is 8.28. The number of benzene rings is 2. The molecule has 1 aromatic heterocycles. The van der Waals surface area contributed by atoms with Crippen molar-refractivity contribution in [2.24, 2.45) is 0 Å². The minimum absolute atomic E-state index is 0.277. The Labute approximate surface area is 181 Å². The number of piperazine rings is 1. The Kier molecular flexibility index (Phi) is 5.35. The molecule has 0 atom stereocenters. The molecule has 2 aliphatic heterocycles. The fourth-order valence-electron chi connectivity index (χ4n) is 4.39. The lowest BCUT2D eigenvalue weighted by Gasteiger charge is -2.36. The van der Waals surface area contributed by atoms with Gasteiger partial charge in [0.1, 0.15) is 5.82 Å². The first-order chi connectivity index (χ1) is 14.7. The van der Waals surface area contributed by atoms with Gasteiger partial charge in [0, 0.05) is 50.5 Å². The van der Waals surface area contributed by atoms with Crippen LogP contribution < -0.4 is 4.90 Å². The third kappa shape index (κ3) is 3.89. The standard InChI is InChI=1S/C23H26ClN5O/c24-19-8-7-17(15-18(19)23-25-20-5-1-2-6-21(20)26-23)28-13-11-27(12-14-28)16-22(30)29-9-3-4-10-29/h1-2,5-8,15H,3-4,9-14,16H2,(H,25,26). The zero-order chi connectivity index (χ0) is 20.5. The Morgan fingerprint density at radius 3 is 2.53 bits per heavy atom. The van der Waals surface area contributed by atoms with E-state index in [1.165, 1.54) is 0 Å². The molecule has 2 aromatic carbocycles. The monoisotopic (exact) mass is 423 g/mol. The van der Waals surface area contributed by atoms with Crippen molar-refractivity contribution in [1.82, 2.24) is 19.8 Å². The van der Waals surface area contributed by atoms with E-state index in [9.17, 15) is 4.79 Å². The van der Waals surface area contributed by atoms with E-state index in [0.29, 0.717) is 11.6 Å². The number of aromatic nitrogens is 2. The highest BCUT2D eigenvalue weighted by atomic mass is 35.5. The minimum Gasteiger partial charge on any atom is -0.369 e. The van der Waals surface area contributed by atoms with E-state index in [0.717, 1.165) is 80.2 Å². The molecule has 0 aliphatic carbocycles. The number of H-pyrrole nitrogens is 1. The molecular weight excluding hydrogens is 398 g/mol. The van der Waals surface area contributed by atoms with Crippen LogP contribution >= 0.6 is 11.6 Å². The van der Waals surface area contributed by atoms with Crippen LogP contribution in [0, 0.1) is 0 Å². The normalized spacial score (nSPS) is 17.8. The van der Waals surface area contributed by atoms with Crippen LogP contribution in [0.3, 0.4) is 0 Å². The number of para-hydroxylation sites is 2. The molecule has 1 amide bonds. The summed E-state index contributed by atoms with van der Waals surface area (Å²) in [4.78, 5) is 27.1. The highest BCUT2D eigenvalue weighted by Crippen LogP contribution is 2.32. The number of likely N-dealkylation sites (tertiary alicyclic amines) is 1. The maximum atomic E-state index is 12.4. The lowest BCUT2D eigenvalue weighted by atomic mass is 10.1. The molecular formula is C23H26ClN5O. The zero-order valence-electron chi connectivity index (χ0n) is 17.0. The van der Waals surface area contributed by atoms with Gasteiger partial charge in [-0.25, -0.2) is 4.98 Å². The lowest BCUT2D eigenvalue weighted by Crippen LogP contribution is -2.49. The molecule has 156 valence electrons. The van der Waals surface area contributed by atoms with E-state index < -0.39 is 0 Å². The number of aromatic amines is 1. The van der Waals surface area contributed by atoms with Gasteiger partial charge in [-0.05, 0) is 43.2 Å². The van der Waals surface area contributed by atoms with Crippen molar-refractivity contribution in [1.29, 1.82) is 0 Å². The SMILES string of the molecule is O=C(CN1CCN(c2ccc(Cl)c(-c3nc4ccccc4[nH]3)c2)CC1)N1CCCC1. The summed E-state index contributed by atoms with van der Waals surface area (Å²) in [6, 6.07) is 14.1. The molecule has 0 spiro atoms. The van der Waals surface area contributed by atoms with E-state index in [1.807, 2.05) is 35.2 Å². The van der Waals surface area contributed by atoms with E-state index in [2.05, 4.69) is 26.9 Å². The van der Waals surface area contributed by atoms with Crippen LogP contribution in [-0.4, -0.2) is 71.5 Å². The molecule has 2 fully saturated rings. The number of rotatable bonds is 4. The Hall–Kier alpha value is -2.57. The average Bonchev–Trinajstić information content (AvgIpc) is 3.45. The molecule has 30 heavy (non-hydrogen) atoms. The first-order valence-electron chi connectivity index (χ1n) is 10.7. The number of halogens is 1. The molecule has 2 aliphatic rings. The predicted octanol–water partition coefficient (Wildman–Crippen LogP) is 3.63. The van der Waals surface area contributed by atoms with Gasteiger partial charge in [0.15, 0.2) is 0 Å². The number of carbonyl (C=O) groups is 1. The van der Waals surface area contributed by atoms with E-state index in [1.54, 1.807) is 0 Å². The number of hydrogen-bond acceptors (Lipinski definition) is 4. The van der Waals surface area contributed by atoms with Crippen molar-refractivity contribution in [3.63, 3.8) is 0 Å². The lowest BCUT2D eigenvalue weighted by molar-refractivity contribution is -0.131. The molecule has 2 saturated heterocycles. The fraction of sp³-hybridized carbons (Fsp3) is 0.391. The van der Waals surface area contributed by atoms with Crippen molar-refractivity contribution >= 4 is 34.2 Å². The summed E-state index contributed by atoms with van der Waals surface area (Å²) >= 11 is 6.51. The zero-order valence-corrected chi connectivity index (χ0v) is 17.7. The summed E-state index contributed by atoms with van der Waals surface area (Å²) in [5.74, 6) is 1.07. The predicted molar refractivity (Wildman–Crippen MR) is 121 cm³/mol. The molecule has 0 unspecified atom stereocenters. The number of hydrogen-bond donors (Lipinski definition) is 1. The van der Waals surface area contributed by atoms with Crippen molar-refractivity contribution in [3.8, 4) is 11.4 Å². The van der Waals surface area contributed by atoms with Crippen LogP contribution in [0.2, 0.25) is 5.02 Å². The van der Waals surface area contributed by atoms with Gasteiger partial charge in [0.25, 0.3) is 0 Å². The first-order valence-corrected chi connectivity index (χ1v) is 11.0. The van der Waals surface area contributed by atoms with Gasteiger partial charge in [0.05, 0.1) is 22.6 Å². The quantitative estimate of drug-likeness (QED) is 0.696. The summed E-state index contributed by atoms with van der Waals surface area (Å²) in [6.45, 7) is 5.97. The van der Waals surface area contributed by atoms with Crippen molar-refractivity contribution in [2.45, 2.75) is 12.8 Å². The van der Waals surface area contributed by atoms with Gasteiger partial charge in [-0.15, -0.1) is 0 Å². The summed E-state index contributed by atoms with van der Waals surface area (Å²) in [6.07, 6.45) is 2.29. The molecule has 7 heteroatoms. The van der Waals surface area contributed by atoms with Gasteiger partial charge >= 0.3 is 0 Å². The molecule has 6 nitrogen and oxygen atoms in total.